The topological polar surface area (TPSA) is 113 Å². The number of hydrogen-bond acceptors (Lipinski definition) is 5. The van der Waals surface area contributed by atoms with Crippen molar-refractivity contribution < 1.29 is 24.3 Å². The van der Waals surface area contributed by atoms with E-state index < -0.39 is 12.0 Å². The number of benzene rings is 2. The molecule has 2 aromatic carbocycles. The minimum absolute atomic E-state index is 0.0113. The van der Waals surface area contributed by atoms with Crippen molar-refractivity contribution in [2.45, 2.75) is 64.3 Å². The van der Waals surface area contributed by atoms with Crippen LogP contribution in [0.15, 0.2) is 48.5 Å². The van der Waals surface area contributed by atoms with E-state index in [0.717, 1.165) is 49.4 Å². The molecule has 2 amide bonds. The summed E-state index contributed by atoms with van der Waals surface area (Å²) in [5.74, 6) is -1.22. The fourth-order valence-corrected chi connectivity index (χ4v) is 5.47. The van der Waals surface area contributed by atoms with Crippen LogP contribution in [-0.2, 0) is 14.4 Å². The molecule has 3 N–H and O–H groups in total. The first-order chi connectivity index (χ1) is 17.3. The predicted molar refractivity (Wildman–Crippen MR) is 142 cm³/mol. The molecule has 2 aromatic rings. The number of rotatable bonds is 10. The van der Waals surface area contributed by atoms with Gasteiger partial charge in [-0.15, -0.1) is 0 Å². The maximum absolute atomic E-state index is 12.9. The van der Waals surface area contributed by atoms with E-state index in [1.807, 2.05) is 30.3 Å². The van der Waals surface area contributed by atoms with Crippen molar-refractivity contribution in [2.24, 2.45) is 5.92 Å². The molecule has 0 spiro atoms. The molecule has 0 radical (unpaired) electrons. The molecule has 192 valence electrons. The summed E-state index contributed by atoms with van der Waals surface area (Å²) in [5.41, 5.74) is 2.01. The number of aromatic carboxylic acids is 1. The highest BCUT2D eigenvalue weighted by Gasteiger charge is 2.26. The van der Waals surface area contributed by atoms with Crippen LogP contribution in [0.2, 0.25) is 0 Å². The minimum atomic E-state index is -1.05. The third-order valence-corrected chi connectivity index (χ3v) is 7.86. The molecular weight excluding hydrogens is 476 g/mol. The Bertz CT molecular complexity index is 1080. The SMILES string of the molecule is Cc1c(NC(=O)CC(CSC(=O)[C@@H](C)NC(=O)C2CCCCC2)c2ccccc2)cccc1C(=O)O. The number of carbonyl (C=O) groups excluding carboxylic acids is 3. The fraction of sp³-hybridized carbons (Fsp3) is 0.429. The highest BCUT2D eigenvalue weighted by molar-refractivity contribution is 8.13. The lowest BCUT2D eigenvalue weighted by Gasteiger charge is -2.23. The first-order valence-corrected chi connectivity index (χ1v) is 13.4. The number of carboxylic acids is 1. The van der Waals surface area contributed by atoms with Gasteiger partial charge in [-0.2, -0.15) is 0 Å². The molecule has 3 rings (SSSR count). The van der Waals surface area contributed by atoms with Crippen molar-refractivity contribution in [1.82, 2.24) is 5.32 Å². The van der Waals surface area contributed by atoms with Gasteiger partial charge in [-0.25, -0.2) is 4.79 Å². The van der Waals surface area contributed by atoms with Crippen LogP contribution in [-0.4, -0.2) is 39.8 Å². The maximum atomic E-state index is 12.9. The zero-order valence-corrected chi connectivity index (χ0v) is 21.6. The normalized spacial score (nSPS) is 15.5. The molecule has 0 heterocycles. The number of thioether (sulfide) groups is 1. The molecule has 0 aliphatic heterocycles. The van der Waals surface area contributed by atoms with Gasteiger partial charge >= 0.3 is 5.97 Å². The molecule has 36 heavy (non-hydrogen) atoms. The first kappa shape index (κ1) is 27.5. The second-order valence-electron chi connectivity index (χ2n) is 9.34. The van der Waals surface area contributed by atoms with Gasteiger partial charge in [0.2, 0.25) is 16.9 Å². The number of carbonyl (C=O) groups is 4. The fourth-order valence-electron chi connectivity index (χ4n) is 4.49. The van der Waals surface area contributed by atoms with Crippen LogP contribution in [0.25, 0.3) is 0 Å². The summed E-state index contributed by atoms with van der Waals surface area (Å²) in [6.07, 6.45) is 5.14. The number of amides is 2. The standard InChI is InChI=1S/C28H34N2O5S/c1-18-23(27(33)34)14-9-15-24(18)30-25(31)16-22(20-10-5-3-6-11-20)17-36-28(35)19(2)29-26(32)21-12-7-4-8-13-21/h3,5-6,9-11,14-15,19,21-22H,4,7-8,12-13,16-17H2,1-2H3,(H,29,32)(H,30,31)(H,33,34)/t19-,22?/m1/s1. The maximum Gasteiger partial charge on any atom is 0.336 e. The average molecular weight is 511 g/mol. The van der Waals surface area contributed by atoms with Crippen molar-refractivity contribution in [3.05, 3.63) is 65.2 Å². The Morgan fingerprint density at radius 2 is 1.69 bits per heavy atom. The summed E-state index contributed by atoms with van der Waals surface area (Å²) < 4.78 is 0. The van der Waals surface area contributed by atoms with E-state index in [1.165, 1.54) is 6.07 Å². The van der Waals surface area contributed by atoms with Crippen molar-refractivity contribution >= 4 is 40.3 Å². The Labute approximate surface area is 216 Å². The van der Waals surface area contributed by atoms with Crippen LogP contribution < -0.4 is 10.6 Å². The van der Waals surface area contributed by atoms with Gasteiger partial charge in [-0.3, -0.25) is 14.4 Å². The Balaban J connectivity index is 1.61. The molecule has 1 aliphatic carbocycles. The van der Waals surface area contributed by atoms with Gasteiger partial charge in [0.1, 0.15) is 0 Å². The highest BCUT2D eigenvalue weighted by Crippen LogP contribution is 2.28. The number of carboxylic acid groups (broad SMARTS) is 1. The third kappa shape index (κ3) is 7.68. The van der Waals surface area contributed by atoms with E-state index in [4.69, 9.17) is 0 Å². The largest absolute Gasteiger partial charge is 0.478 e. The lowest BCUT2D eigenvalue weighted by Crippen LogP contribution is -2.41. The number of anilines is 1. The molecule has 7 nitrogen and oxygen atoms in total. The van der Waals surface area contributed by atoms with Crippen molar-refractivity contribution in [2.75, 3.05) is 11.1 Å². The van der Waals surface area contributed by atoms with Gasteiger partial charge in [0, 0.05) is 29.7 Å². The Hall–Kier alpha value is -3.13. The average Bonchev–Trinajstić information content (AvgIpc) is 2.88. The van der Waals surface area contributed by atoms with Crippen LogP contribution in [0.5, 0.6) is 0 Å². The van der Waals surface area contributed by atoms with E-state index in [9.17, 15) is 24.3 Å². The first-order valence-electron chi connectivity index (χ1n) is 12.4. The Morgan fingerprint density at radius 1 is 1.00 bits per heavy atom. The summed E-state index contributed by atoms with van der Waals surface area (Å²) >= 11 is 1.12. The molecule has 8 heteroatoms. The van der Waals surface area contributed by atoms with Crippen LogP contribution in [0, 0.1) is 12.8 Å². The summed E-state index contributed by atoms with van der Waals surface area (Å²) in [6, 6.07) is 13.7. The van der Waals surface area contributed by atoms with E-state index >= 15 is 0 Å². The van der Waals surface area contributed by atoms with Crippen molar-refractivity contribution in [3.8, 4) is 0 Å². The molecule has 1 saturated carbocycles. The summed E-state index contributed by atoms with van der Waals surface area (Å²) in [5, 5.41) is 14.9. The minimum Gasteiger partial charge on any atom is -0.478 e. The molecule has 2 atom stereocenters. The summed E-state index contributed by atoms with van der Waals surface area (Å²) in [4.78, 5) is 49.7. The van der Waals surface area contributed by atoms with Gasteiger partial charge in [0.05, 0.1) is 11.6 Å². The molecule has 1 unspecified atom stereocenters. The quantitative estimate of drug-likeness (QED) is 0.407. The zero-order chi connectivity index (χ0) is 26.1. The molecule has 0 aromatic heterocycles. The second-order valence-corrected chi connectivity index (χ2v) is 10.4. The van der Waals surface area contributed by atoms with E-state index in [-0.39, 0.29) is 40.7 Å². The van der Waals surface area contributed by atoms with Crippen LogP contribution in [0.4, 0.5) is 5.69 Å². The molecule has 0 bridgehead atoms. The lowest BCUT2D eigenvalue weighted by molar-refractivity contribution is -0.128. The number of hydrogen-bond donors (Lipinski definition) is 3. The molecular formula is C28H34N2O5S. The van der Waals surface area contributed by atoms with Gasteiger partial charge in [-0.05, 0) is 49.9 Å². The summed E-state index contributed by atoms with van der Waals surface area (Å²) in [7, 11) is 0. The smallest absolute Gasteiger partial charge is 0.336 e. The van der Waals surface area contributed by atoms with Crippen LogP contribution >= 0.6 is 11.8 Å². The molecule has 1 fully saturated rings. The van der Waals surface area contributed by atoms with Crippen molar-refractivity contribution in [3.63, 3.8) is 0 Å². The molecule has 1 aliphatic rings. The molecule has 0 saturated heterocycles. The predicted octanol–water partition coefficient (Wildman–Crippen LogP) is 5.15. The van der Waals surface area contributed by atoms with Gasteiger partial charge < -0.3 is 15.7 Å². The number of nitrogens with one attached hydrogen (secondary N) is 2. The third-order valence-electron chi connectivity index (χ3n) is 6.66. The van der Waals surface area contributed by atoms with Gasteiger partial charge in [-0.1, -0.05) is 67.4 Å². The van der Waals surface area contributed by atoms with Crippen molar-refractivity contribution in [1.29, 1.82) is 0 Å². The Kier molecular flexibility index (Phi) is 10.1. The second kappa shape index (κ2) is 13.3. The lowest BCUT2D eigenvalue weighted by atomic mass is 9.88. The van der Waals surface area contributed by atoms with Gasteiger partial charge in [0.15, 0.2) is 0 Å². The van der Waals surface area contributed by atoms with Crippen LogP contribution in [0.3, 0.4) is 0 Å². The van der Waals surface area contributed by atoms with Gasteiger partial charge in [0.25, 0.3) is 0 Å². The Morgan fingerprint density at radius 3 is 2.36 bits per heavy atom. The van der Waals surface area contributed by atoms with E-state index in [2.05, 4.69) is 10.6 Å². The highest BCUT2D eigenvalue weighted by atomic mass is 32.2. The summed E-state index contributed by atoms with van der Waals surface area (Å²) in [6.45, 7) is 3.36. The van der Waals surface area contributed by atoms with Crippen LogP contribution in [0.1, 0.15) is 72.9 Å². The van der Waals surface area contributed by atoms with E-state index in [1.54, 1.807) is 26.0 Å². The zero-order valence-electron chi connectivity index (χ0n) is 20.8. The monoisotopic (exact) mass is 510 g/mol. The van der Waals surface area contributed by atoms with E-state index in [0.29, 0.717) is 17.0 Å².